The Morgan fingerprint density at radius 1 is 1.56 bits per heavy atom. The average Bonchev–Trinajstić information content (AvgIpc) is 1.59. The minimum Gasteiger partial charge on any atom is -0.344 e. The van der Waals surface area contributed by atoms with Gasteiger partial charge in [-0.2, -0.15) is 0 Å². The molecule has 0 spiro atoms. The topological polar surface area (TPSA) is 37.3 Å². The van der Waals surface area contributed by atoms with Gasteiger partial charge < -0.3 is 4.89 Å². The largest absolute Gasteiger partial charge is 0.344 e. The Labute approximate surface area is 56.7 Å². The van der Waals surface area contributed by atoms with Gasteiger partial charge in [-0.25, -0.2) is 0 Å². The first-order valence-corrected chi connectivity index (χ1v) is 5.50. The maximum Gasteiger partial charge on any atom is 0.197 e. The molecule has 0 aromatic heterocycles. The van der Waals surface area contributed by atoms with Gasteiger partial charge in [0, 0.05) is 12.8 Å². The molecule has 2 nitrogen and oxygen atoms in total. The molecule has 0 aromatic carbocycles. The van der Waals surface area contributed by atoms with Gasteiger partial charge in [0.05, 0.1) is 0 Å². The van der Waals surface area contributed by atoms with E-state index in [2.05, 4.69) is 13.8 Å². The minimum atomic E-state index is -2.72. The van der Waals surface area contributed by atoms with Crippen LogP contribution in [0.3, 0.4) is 0 Å². The van der Waals surface area contributed by atoms with E-state index in [1.807, 2.05) is 0 Å². The van der Waals surface area contributed by atoms with Crippen LogP contribution < -0.4 is 0 Å². The van der Waals surface area contributed by atoms with Crippen LogP contribution in [0.2, 0.25) is 0 Å². The Morgan fingerprint density at radius 2 is 2.00 bits per heavy atom. The molecule has 0 aromatic rings. The lowest BCUT2D eigenvalue weighted by atomic mass is 10.2. The third kappa shape index (κ3) is 8.19. The first-order chi connectivity index (χ1) is 3.92. The second kappa shape index (κ2) is 3.38. The number of hydrogen-bond acceptors (Lipinski definition) is 1. The highest BCUT2D eigenvalue weighted by molar-refractivity contribution is 7.57. The molecule has 0 aliphatic heterocycles. The predicted molar refractivity (Wildman–Crippen MR) is 40.1 cm³/mol. The number of rotatable bonds is 3. The molecular weight excluding hydrogens is 135 g/mol. The van der Waals surface area contributed by atoms with Crippen molar-refractivity contribution < 1.29 is 9.46 Å². The highest BCUT2D eigenvalue weighted by atomic mass is 31.2. The minimum absolute atomic E-state index is 0.463. The van der Waals surface area contributed by atoms with E-state index in [1.54, 1.807) is 0 Å². The van der Waals surface area contributed by atoms with Crippen molar-refractivity contribution in [3.8, 4) is 0 Å². The van der Waals surface area contributed by atoms with Crippen LogP contribution >= 0.6 is 7.37 Å². The van der Waals surface area contributed by atoms with Crippen molar-refractivity contribution >= 4 is 7.37 Å². The summed E-state index contributed by atoms with van der Waals surface area (Å²) in [6.07, 6.45) is 1.31. The van der Waals surface area contributed by atoms with Crippen molar-refractivity contribution in [3.63, 3.8) is 0 Å². The first-order valence-electron chi connectivity index (χ1n) is 3.21. The van der Waals surface area contributed by atoms with Gasteiger partial charge in [-0.05, 0) is 12.3 Å². The quantitative estimate of drug-likeness (QED) is 0.624. The second-order valence-electron chi connectivity index (χ2n) is 2.96. The van der Waals surface area contributed by atoms with Gasteiger partial charge in [0.1, 0.15) is 0 Å². The number of hydrogen-bond donors (Lipinski definition) is 1. The summed E-state index contributed by atoms with van der Waals surface area (Å²) < 4.78 is 10.7. The van der Waals surface area contributed by atoms with E-state index in [-0.39, 0.29) is 0 Å². The maximum absolute atomic E-state index is 10.7. The molecule has 1 N–H and O–H groups in total. The van der Waals surface area contributed by atoms with Crippen LogP contribution in [0.5, 0.6) is 0 Å². The highest BCUT2D eigenvalue weighted by Crippen LogP contribution is 2.36. The van der Waals surface area contributed by atoms with Crippen molar-refractivity contribution in [3.05, 3.63) is 0 Å². The Morgan fingerprint density at radius 3 is 2.11 bits per heavy atom. The van der Waals surface area contributed by atoms with Crippen LogP contribution in [0.1, 0.15) is 20.3 Å². The van der Waals surface area contributed by atoms with Crippen molar-refractivity contribution in [2.24, 2.45) is 5.92 Å². The van der Waals surface area contributed by atoms with Gasteiger partial charge in [-0.15, -0.1) is 0 Å². The summed E-state index contributed by atoms with van der Waals surface area (Å²) in [5.74, 6) is 0.533. The van der Waals surface area contributed by atoms with Crippen molar-refractivity contribution in [1.82, 2.24) is 0 Å². The summed E-state index contributed by atoms with van der Waals surface area (Å²) in [6, 6.07) is 0. The van der Waals surface area contributed by atoms with Gasteiger partial charge in [0.2, 0.25) is 0 Å². The van der Waals surface area contributed by atoms with Crippen molar-refractivity contribution in [1.29, 1.82) is 0 Å². The maximum atomic E-state index is 10.7. The van der Waals surface area contributed by atoms with Crippen LogP contribution in [-0.2, 0) is 4.57 Å². The average molecular weight is 150 g/mol. The molecule has 0 saturated carbocycles. The fourth-order valence-corrected chi connectivity index (χ4v) is 1.49. The van der Waals surface area contributed by atoms with Gasteiger partial charge in [-0.3, -0.25) is 4.57 Å². The van der Waals surface area contributed by atoms with E-state index in [0.29, 0.717) is 12.1 Å². The zero-order valence-corrected chi connectivity index (χ0v) is 7.19. The van der Waals surface area contributed by atoms with Gasteiger partial charge >= 0.3 is 0 Å². The lowest BCUT2D eigenvalue weighted by Gasteiger charge is -2.06. The van der Waals surface area contributed by atoms with Crippen LogP contribution in [0.15, 0.2) is 0 Å². The lowest BCUT2D eigenvalue weighted by Crippen LogP contribution is -1.93. The molecule has 0 amide bonds. The predicted octanol–water partition coefficient (Wildman–Crippen LogP) is 1.93. The summed E-state index contributed by atoms with van der Waals surface area (Å²) >= 11 is 0. The fraction of sp³-hybridized carbons (Fsp3) is 1.00. The molecular formula is C6H15O2P. The lowest BCUT2D eigenvalue weighted by molar-refractivity contribution is 0.476. The SMILES string of the molecule is CC(C)CCP(C)(=O)O. The molecule has 9 heavy (non-hydrogen) atoms. The van der Waals surface area contributed by atoms with Crippen LogP contribution in [0, 0.1) is 5.92 Å². The standard InChI is InChI=1S/C6H15O2P/c1-6(2)4-5-9(3,7)8/h6H,4-5H2,1-3H3,(H,7,8). The third-order valence-corrected chi connectivity index (χ3v) is 2.21. The van der Waals surface area contributed by atoms with Crippen LogP contribution in [-0.4, -0.2) is 17.7 Å². The molecule has 56 valence electrons. The van der Waals surface area contributed by atoms with E-state index >= 15 is 0 Å². The molecule has 0 fully saturated rings. The van der Waals surface area contributed by atoms with Gasteiger partial charge in [0.25, 0.3) is 0 Å². The summed E-state index contributed by atoms with van der Waals surface area (Å²) in [5.41, 5.74) is 0. The molecule has 3 heteroatoms. The van der Waals surface area contributed by atoms with E-state index in [9.17, 15) is 4.57 Å². The smallest absolute Gasteiger partial charge is 0.197 e. The first kappa shape index (κ1) is 9.19. The van der Waals surface area contributed by atoms with Crippen molar-refractivity contribution in [2.45, 2.75) is 20.3 Å². The van der Waals surface area contributed by atoms with E-state index in [0.717, 1.165) is 6.42 Å². The molecule has 0 aliphatic carbocycles. The van der Waals surface area contributed by atoms with E-state index < -0.39 is 7.37 Å². The van der Waals surface area contributed by atoms with E-state index in [4.69, 9.17) is 4.89 Å². The zero-order valence-electron chi connectivity index (χ0n) is 6.29. The van der Waals surface area contributed by atoms with Crippen LogP contribution in [0.25, 0.3) is 0 Å². The Hall–Kier alpha value is 0.190. The molecule has 1 unspecified atom stereocenters. The molecule has 0 radical (unpaired) electrons. The molecule has 0 saturated heterocycles. The van der Waals surface area contributed by atoms with Crippen LogP contribution in [0.4, 0.5) is 0 Å². The summed E-state index contributed by atoms with van der Waals surface area (Å²) in [5, 5.41) is 0. The second-order valence-corrected chi connectivity index (χ2v) is 5.51. The molecule has 0 rings (SSSR count). The zero-order chi connectivity index (χ0) is 7.49. The third-order valence-electron chi connectivity index (χ3n) is 1.12. The molecule has 1 atom stereocenters. The van der Waals surface area contributed by atoms with E-state index in [1.165, 1.54) is 6.66 Å². The Kier molecular flexibility index (Phi) is 3.45. The normalized spacial score (nSPS) is 17.9. The summed E-state index contributed by atoms with van der Waals surface area (Å²) in [4.78, 5) is 8.82. The van der Waals surface area contributed by atoms with Crippen molar-refractivity contribution in [2.75, 3.05) is 12.8 Å². The monoisotopic (exact) mass is 150 g/mol. The molecule has 0 aliphatic rings. The summed E-state index contributed by atoms with van der Waals surface area (Å²) in [7, 11) is -2.72. The fourth-order valence-electron chi connectivity index (χ4n) is 0.498. The van der Waals surface area contributed by atoms with Gasteiger partial charge in [0.15, 0.2) is 7.37 Å². The van der Waals surface area contributed by atoms with Gasteiger partial charge in [-0.1, -0.05) is 13.8 Å². The Balaban J connectivity index is 3.40. The highest BCUT2D eigenvalue weighted by Gasteiger charge is 2.09. The summed E-state index contributed by atoms with van der Waals surface area (Å²) in [6.45, 7) is 5.51. The molecule has 0 heterocycles. The Bertz CT molecular complexity index is 114. The molecule has 0 bridgehead atoms.